The SMILES string of the molecule is CCOc1ccc(C(=O)NC[C@H](c2cccs2)[NH+](C)C)cc1. The summed E-state index contributed by atoms with van der Waals surface area (Å²) < 4.78 is 5.39. The van der Waals surface area contributed by atoms with Crippen molar-refractivity contribution >= 4 is 17.2 Å². The first-order valence-corrected chi connectivity index (χ1v) is 8.34. The lowest BCUT2D eigenvalue weighted by atomic mass is 10.2. The Morgan fingerprint density at radius 2 is 2.00 bits per heavy atom. The maximum Gasteiger partial charge on any atom is 0.251 e. The molecule has 1 heterocycles. The summed E-state index contributed by atoms with van der Waals surface area (Å²) in [6.07, 6.45) is 0. The molecule has 0 radical (unpaired) electrons. The Balaban J connectivity index is 1.96. The van der Waals surface area contributed by atoms with Crippen molar-refractivity contribution in [2.75, 3.05) is 27.2 Å². The van der Waals surface area contributed by atoms with Crippen molar-refractivity contribution in [3.05, 3.63) is 52.2 Å². The van der Waals surface area contributed by atoms with Crippen LogP contribution < -0.4 is 15.0 Å². The second kappa shape index (κ2) is 7.96. The molecule has 0 aliphatic rings. The fourth-order valence-electron chi connectivity index (χ4n) is 2.24. The van der Waals surface area contributed by atoms with Gasteiger partial charge >= 0.3 is 0 Å². The third-order valence-electron chi connectivity index (χ3n) is 3.48. The lowest BCUT2D eigenvalue weighted by Crippen LogP contribution is -3.06. The molecule has 0 unspecified atom stereocenters. The minimum Gasteiger partial charge on any atom is -0.494 e. The van der Waals surface area contributed by atoms with E-state index in [1.54, 1.807) is 23.5 Å². The lowest BCUT2D eigenvalue weighted by molar-refractivity contribution is -0.890. The van der Waals surface area contributed by atoms with Crippen LogP contribution in [-0.2, 0) is 0 Å². The number of ether oxygens (including phenoxy) is 1. The second-order valence-electron chi connectivity index (χ2n) is 5.31. The van der Waals surface area contributed by atoms with Crippen molar-refractivity contribution in [2.45, 2.75) is 13.0 Å². The quantitative estimate of drug-likeness (QED) is 0.817. The fourth-order valence-corrected chi connectivity index (χ4v) is 3.20. The van der Waals surface area contributed by atoms with Gasteiger partial charge in [-0.15, -0.1) is 11.3 Å². The van der Waals surface area contributed by atoms with Gasteiger partial charge in [0.05, 0.1) is 32.1 Å². The van der Waals surface area contributed by atoms with Gasteiger partial charge in [-0.25, -0.2) is 0 Å². The van der Waals surface area contributed by atoms with Gasteiger partial charge in [-0.3, -0.25) is 4.79 Å². The molecular weight excluding hydrogens is 296 g/mol. The van der Waals surface area contributed by atoms with Crippen molar-refractivity contribution in [3.63, 3.8) is 0 Å². The molecule has 0 saturated heterocycles. The van der Waals surface area contributed by atoms with Gasteiger partial charge in [-0.1, -0.05) is 6.07 Å². The Morgan fingerprint density at radius 3 is 2.55 bits per heavy atom. The molecule has 0 saturated carbocycles. The van der Waals surface area contributed by atoms with E-state index in [-0.39, 0.29) is 11.9 Å². The third kappa shape index (κ3) is 4.32. The van der Waals surface area contributed by atoms with Crippen molar-refractivity contribution in [3.8, 4) is 5.75 Å². The Labute approximate surface area is 135 Å². The van der Waals surface area contributed by atoms with E-state index in [4.69, 9.17) is 4.74 Å². The number of rotatable bonds is 7. The largest absolute Gasteiger partial charge is 0.494 e. The number of quaternary nitrogens is 1. The monoisotopic (exact) mass is 319 g/mol. The first kappa shape index (κ1) is 16.5. The lowest BCUT2D eigenvalue weighted by Gasteiger charge is -2.20. The second-order valence-corrected chi connectivity index (χ2v) is 6.29. The molecule has 22 heavy (non-hydrogen) atoms. The van der Waals surface area contributed by atoms with E-state index in [0.717, 1.165) is 5.75 Å². The highest BCUT2D eigenvalue weighted by Crippen LogP contribution is 2.16. The smallest absolute Gasteiger partial charge is 0.251 e. The van der Waals surface area contributed by atoms with Gasteiger partial charge in [-0.05, 0) is 42.6 Å². The van der Waals surface area contributed by atoms with Crippen LogP contribution in [0.25, 0.3) is 0 Å². The van der Waals surface area contributed by atoms with Crippen LogP contribution in [0, 0.1) is 0 Å². The summed E-state index contributed by atoms with van der Waals surface area (Å²) in [6, 6.07) is 11.7. The molecule has 2 aromatic rings. The highest BCUT2D eigenvalue weighted by Gasteiger charge is 2.20. The first-order valence-electron chi connectivity index (χ1n) is 7.46. The van der Waals surface area contributed by atoms with E-state index in [2.05, 4.69) is 30.9 Å². The third-order valence-corrected chi connectivity index (χ3v) is 4.46. The van der Waals surface area contributed by atoms with Crippen molar-refractivity contribution in [2.24, 2.45) is 0 Å². The first-order chi connectivity index (χ1) is 10.6. The molecule has 1 amide bonds. The molecule has 2 rings (SSSR count). The van der Waals surface area contributed by atoms with Crippen LogP contribution in [0.2, 0.25) is 0 Å². The molecule has 0 bridgehead atoms. The maximum absolute atomic E-state index is 12.3. The summed E-state index contributed by atoms with van der Waals surface area (Å²) in [5, 5.41) is 5.10. The number of amides is 1. The Morgan fingerprint density at radius 1 is 1.27 bits per heavy atom. The Kier molecular flexibility index (Phi) is 5.98. The average Bonchev–Trinajstić information content (AvgIpc) is 3.02. The van der Waals surface area contributed by atoms with Gasteiger partial charge in [-0.2, -0.15) is 0 Å². The summed E-state index contributed by atoms with van der Waals surface area (Å²) in [7, 11) is 4.21. The number of hydrogen-bond acceptors (Lipinski definition) is 3. The van der Waals surface area contributed by atoms with Crippen molar-refractivity contribution in [1.82, 2.24) is 5.32 Å². The summed E-state index contributed by atoms with van der Waals surface area (Å²) in [5.74, 6) is 0.735. The number of likely N-dealkylation sites (N-methyl/N-ethyl adjacent to an activating group) is 1. The van der Waals surface area contributed by atoms with Gasteiger partial charge in [0.2, 0.25) is 0 Å². The zero-order valence-electron chi connectivity index (χ0n) is 13.3. The number of benzene rings is 1. The number of carbonyl (C=O) groups is 1. The molecule has 118 valence electrons. The van der Waals surface area contributed by atoms with E-state index >= 15 is 0 Å². The van der Waals surface area contributed by atoms with Crippen LogP contribution in [0.3, 0.4) is 0 Å². The Bertz CT molecular complexity index is 579. The predicted octanol–water partition coefficient (Wildman–Crippen LogP) is 1.76. The van der Waals surface area contributed by atoms with E-state index in [1.807, 2.05) is 25.1 Å². The maximum atomic E-state index is 12.3. The standard InChI is InChI=1S/C17H22N2O2S/c1-4-21-14-9-7-13(8-10-14)17(20)18-12-15(19(2)3)16-6-5-11-22-16/h5-11,15H,4,12H2,1-3H3,(H,18,20)/p+1/t15-/m1/s1. The van der Waals surface area contributed by atoms with E-state index in [1.165, 1.54) is 9.78 Å². The number of carbonyl (C=O) groups excluding carboxylic acids is 1. The molecule has 0 spiro atoms. The molecule has 5 heteroatoms. The van der Waals surface area contributed by atoms with Crippen molar-refractivity contribution < 1.29 is 14.4 Å². The summed E-state index contributed by atoms with van der Waals surface area (Å²) in [6.45, 7) is 3.18. The highest BCUT2D eigenvalue weighted by molar-refractivity contribution is 7.10. The zero-order valence-corrected chi connectivity index (χ0v) is 14.1. The topological polar surface area (TPSA) is 42.8 Å². The van der Waals surface area contributed by atoms with E-state index in [0.29, 0.717) is 18.7 Å². The molecule has 1 atom stereocenters. The molecule has 4 nitrogen and oxygen atoms in total. The fraction of sp³-hybridized carbons (Fsp3) is 0.353. The van der Waals surface area contributed by atoms with Gasteiger partial charge < -0.3 is 15.0 Å². The molecule has 0 fully saturated rings. The summed E-state index contributed by atoms with van der Waals surface area (Å²) in [4.78, 5) is 14.8. The molecule has 1 aromatic heterocycles. The van der Waals surface area contributed by atoms with Crippen LogP contribution in [-0.4, -0.2) is 33.2 Å². The van der Waals surface area contributed by atoms with Crippen molar-refractivity contribution in [1.29, 1.82) is 0 Å². The number of thiophene rings is 1. The minimum absolute atomic E-state index is 0.0501. The van der Waals surface area contributed by atoms with Crippen LogP contribution in [0.4, 0.5) is 0 Å². The van der Waals surface area contributed by atoms with Crippen LogP contribution in [0.15, 0.2) is 41.8 Å². The van der Waals surface area contributed by atoms with E-state index in [9.17, 15) is 4.79 Å². The predicted molar refractivity (Wildman–Crippen MR) is 89.8 cm³/mol. The van der Waals surface area contributed by atoms with Crippen LogP contribution in [0.1, 0.15) is 28.2 Å². The molecule has 2 N–H and O–H groups in total. The Hall–Kier alpha value is -1.85. The van der Waals surface area contributed by atoms with Crippen LogP contribution in [0.5, 0.6) is 5.75 Å². The van der Waals surface area contributed by atoms with Gasteiger partial charge in [0.15, 0.2) is 0 Å². The highest BCUT2D eigenvalue weighted by atomic mass is 32.1. The normalized spacial score (nSPS) is 12.2. The summed E-state index contributed by atoms with van der Waals surface area (Å²) >= 11 is 1.73. The van der Waals surface area contributed by atoms with Gasteiger partial charge in [0.25, 0.3) is 5.91 Å². The van der Waals surface area contributed by atoms with Gasteiger partial charge in [0.1, 0.15) is 11.8 Å². The molecule has 1 aromatic carbocycles. The minimum atomic E-state index is -0.0501. The molecular formula is C17H23N2O2S+. The molecule has 0 aliphatic heterocycles. The average molecular weight is 319 g/mol. The number of nitrogens with one attached hydrogen (secondary N) is 2. The summed E-state index contributed by atoms with van der Waals surface area (Å²) in [5.41, 5.74) is 0.655. The zero-order chi connectivity index (χ0) is 15.9. The van der Waals surface area contributed by atoms with Crippen LogP contribution >= 0.6 is 11.3 Å². The number of hydrogen-bond donors (Lipinski definition) is 2. The molecule has 0 aliphatic carbocycles. The van der Waals surface area contributed by atoms with Gasteiger partial charge in [0, 0.05) is 5.56 Å². The van der Waals surface area contributed by atoms with E-state index < -0.39 is 0 Å².